The van der Waals surface area contributed by atoms with Gasteiger partial charge >= 0.3 is 12.1 Å². The molecule has 1 aromatic heterocycles. The number of alkyl carbamates (subject to hydrolysis) is 1. The quantitative estimate of drug-likeness (QED) is 0.881. The molecule has 0 fully saturated rings. The molecule has 0 bridgehead atoms. The number of hydrogen-bond acceptors (Lipinski definition) is 5. The molecule has 1 aromatic rings. The molecule has 1 amide bonds. The van der Waals surface area contributed by atoms with Crippen molar-refractivity contribution in [1.29, 1.82) is 0 Å². The summed E-state index contributed by atoms with van der Waals surface area (Å²) >= 11 is 0. The van der Waals surface area contributed by atoms with Gasteiger partial charge in [-0.15, -0.1) is 0 Å². The monoisotopic (exact) mass is 284 g/mol. The molecule has 7 heteroatoms. The van der Waals surface area contributed by atoms with E-state index in [-0.39, 0.29) is 17.5 Å². The Kier molecular flexibility index (Phi) is 4.75. The van der Waals surface area contributed by atoms with Crippen LogP contribution in [-0.4, -0.2) is 27.8 Å². The highest BCUT2D eigenvalue weighted by Gasteiger charge is 2.27. The third-order valence-corrected chi connectivity index (χ3v) is 2.35. The predicted molar refractivity (Wildman–Crippen MR) is 70.4 cm³/mol. The summed E-state index contributed by atoms with van der Waals surface area (Å²) in [5.41, 5.74) is -0.814. The fourth-order valence-electron chi connectivity index (χ4n) is 1.48. The number of oxazole rings is 1. The molecule has 0 aliphatic heterocycles. The number of ether oxygens (including phenoxy) is 1. The van der Waals surface area contributed by atoms with Crippen molar-refractivity contribution >= 4 is 12.1 Å². The molecule has 1 unspecified atom stereocenters. The lowest BCUT2D eigenvalue weighted by Gasteiger charge is -2.23. The van der Waals surface area contributed by atoms with Crippen LogP contribution in [0.3, 0.4) is 0 Å². The summed E-state index contributed by atoms with van der Waals surface area (Å²) in [4.78, 5) is 26.4. The predicted octanol–water partition coefficient (Wildman–Crippen LogP) is 2.59. The summed E-state index contributed by atoms with van der Waals surface area (Å²) in [5, 5.41) is 11.4. The minimum absolute atomic E-state index is 0.0391. The molecule has 0 aliphatic rings. The van der Waals surface area contributed by atoms with Crippen molar-refractivity contribution < 1.29 is 23.8 Å². The van der Waals surface area contributed by atoms with Crippen molar-refractivity contribution in [1.82, 2.24) is 10.3 Å². The number of nitrogens with zero attached hydrogens (tertiary/aromatic N) is 1. The highest BCUT2D eigenvalue weighted by molar-refractivity contribution is 5.84. The van der Waals surface area contributed by atoms with Gasteiger partial charge in [0.05, 0.1) is 0 Å². The van der Waals surface area contributed by atoms with Gasteiger partial charge in [0.2, 0.25) is 5.89 Å². The Labute approximate surface area is 117 Å². The first-order valence-electron chi connectivity index (χ1n) is 6.28. The molecule has 0 spiro atoms. The Bertz CT molecular complexity index is 487. The first kappa shape index (κ1) is 16.0. The first-order chi connectivity index (χ1) is 9.10. The van der Waals surface area contributed by atoms with Gasteiger partial charge < -0.3 is 19.6 Å². The van der Waals surface area contributed by atoms with Gasteiger partial charge in [-0.05, 0) is 26.7 Å². The molecule has 0 saturated carbocycles. The van der Waals surface area contributed by atoms with Gasteiger partial charge in [0.1, 0.15) is 17.9 Å². The number of nitrogens with one attached hydrogen (secondary N) is 1. The summed E-state index contributed by atoms with van der Waals surface area (Å²) in [6.07, 6.45) is 0.440. The van der Waals surface area contributed by atoms with Crippen LogP contribution in [0.1, 0.15) is 57.0 Å². The van der Waals surface area contributed by atoms with Crippen molar-refractivity contribution in [2.75, 3.05) is 0 Å². The fourth-order valence-corrected chi connectivity index (χ4v) is 1.48. The van der Waals surface area contributed by atoms with Gasteiger partial charge in [-0.25, -0.2) is 14.6 Å². The van der Waals surface area contributed by atoms with E-state index in [1.165, 1.54) is 0 Å². The normalized spacial score (nSPS) is 13.1. The van der Waals surface area contributed by atoms with E-state index >= 15 is 0 Å². The van der Waals surface area contributed by atoms with E-state index in [0.29, 0.717) is 0 Å². The van der Waals surface area contributed by atoms with Crippen LogP contribution in [-0.2, 0) is 4.74 Å². The second kappa shape index (κ2) is 5.94. The lowest BCUT2D eigenvalue weighted by atomic mass is 10.0. The molecule has 0 saturated heterocycles. The smallest absolute Gasteiger partial charge is 0.408 e. The molecule has 7 nitrogen and oxygen atoms in total. The number of carboxylic acids is 1. The molecule has 1 atom stereocenters. The molecule has 20 heavy (non-hydrogen) atoms. The summed E-state index contributed by atoms with van der Waals surface area (Å²) in [5.74, 6) is -1.08. The topological polar surface area (TPSA) is 102 Å². The van der Waals surface area contributed by atoms with E-state index in [9.17, 15) is 9.59 Å². The minimum atomic E-state index is -1.18. The summed E-state index contributed by atoms with van der Waals surface area (Å²) < 4.78 is 10.3. The van der Waals surface area contributed by atoms with Gasteiger partial charge in [0, 0.05) is 0 Å². The van der Waals surface area contributed by atoms with Crippen LogP contribution < -0.4 is 5.32 Å². The van der Waals surface area contributed by atoms with Gasteiger partial charge in [0.15, 0.2) is 5.69 Å². The van der Waals surface area contributed by atoms with Gasteiger partial charge in [-0.2, -0.15) is 0 Å². The van der Waals surface area contributed by atoms with E-state index < -0.39 is 23.7 Å². The zero-order valence-corrected chi connectivity index (χ0v) is 12.3. The molecule has 2 N–H and O–H groups in total. The van der Waals surface area contributed by atoms with Gasteiger partial charge in [0.25, 0.3) is 0 Å². The van der Waals surface area contributed by atoms with E-state index in [1.54, 1.807) is 20.8 Å². The molecule has 0 radical (unpaired) electrons. The minimum Gasteiger partial charge on any atom is -0.476 e. The second-order valence-corrected chi connectivity index (χ2v) is 5.74. The summed E-state index contributed by atoms with van der Waals surface area (Å²) in [6.45, 7) is 8.97. The standard InChI is InChI=1S/C13H20N2O5/c1-7(2)9(15-12(18)20-13(3,4)5)10-14-8(6-19-10)11(16)17/h6-7,9H,1-5H3,(H,15,18)(H,16,17). The zero-order chi connectivity index (χ0) is 15.5. The maximum atomic E-state index is 11.8. The van der Waals surface area contributed by atoms with Crippen LogP contribution in [0.25, 0.3) is 0 Å². The van der Waals surface area contributed by atoms with E-state index in [4.69, 9.17) is 14.3 Å². The number of aromatic carboxylic acids is 1. The number of rotatable bonds is 4. The largest absolute Gasteiger partial charge is 0.476 e. The average molecular weight is 284 g/mol. The number of carboxylic acid groups (broad SMARTS) is 1. The number of hydrogen-bond donors (Lipinski definition) is 2. The van der Waals surface area contributed by atoms with Crippen LogP contribution >= 0.6 is 0 Å². The van der Waals surface area contributed by atoms with Crippen molar-refractivity contribution in [3.8, 4) is 0 Å². The van der Waals surface area contributed by atoms with Crippen molar-refractivity contribution in [2.24, 2.45) is 5.92 Å². The van der Waals surface area contributed by atoms with E-state index in [1.807, 2.05) is 13.8 Å². The maximum absolute atomic E-state index is 11.8. The van der Waals surface area contributed by atoms with Crippen LogP contribution in [0, 0.1) is 5.92 Å². The lowest BCUT2D eigenvalue weighted by molar-refractivity contribution is 0.0479. The number of carbonyl (C=O) groups is 2. The van der Waals surface area contributed by atoms with E-state index in [2.05, 4.69) is 10.3 Å². The fraction of sp³-hybridized carbons (Fsp3) is 0.615. The molecule has 0 aromatic carbocycles. The number of amides is 1. The molecule has 112 valence electrons. The third-order valence-electron chi connectivity index (χ3n) is 2.35. The third kappa shape index (κ3) is 4.56. The van der Waals surface area contributed by atoms with Crippen LogP contribution in [0.4, 0.5) is 4.79 Å². The highest BCUT2D eigenvalue weighted by Crippen LogP contribution is 2.22. The van der Waals surface area contributed by atoms with Crippen LogP contribution in [0.5, 0.6) is 0 Å². The van der Waals surface area contributed by atoms with Crippen LogP contribution in [0.2, 0.25) is 0 Å². The SMILES string of the molecule is CC(C)C(NC(=O)OC(C)(C)C)c1nc(C(=O)O)co1. The summed E-state index contributed by atoms with van der Waals surface area (Å²) in [6, 6.07) is -0.557. The van der Waals surface area contributed by atoms with Crippen molar-refractivity contribution in [3.05, 3.63) is 17.8 Å². The van der Waals surface area contributed by atoms with Crippen LogP contribution in [0.15, 0.2) is 10.7 Å². The van der Waals surface area contributed by atoms with Crippen molar-refractivity contribution in [2.45, 2.75) is 46.3 Å². The van der Waals surface area contributed by atoms with Gasteiger partial charge in [-0.3, -0.25) is 0 Å². The Morgan fingerprint density at radius 1 is 1.40 bits per heavy atom. The number of carbonyl (C=O) groups excluding carboxylic acids is 1. The lowest BCUT2D eigenvalue weighted by Crippen LogP contribution is -2.37. The molecule has 1 heterocycles. The first-order valence-corrected chi connectivity index (χ1v) is 6.28. The Balaban J connectivity index is 2.84. The molecule has 0 aliphatic carbocycles. The molecular weight excluding hydrogens is 264 g/mol. The Hall–Kier alpha value is -2.05. The maximum Gasteiger partial charge on any atom is 0.408 e. The molecule has 1 rings (SSSR count). The van der Waals surface area contributed by atoms with E-state index in [0.717, 1.165) is 6.26 Å². The average Bonchev–Trinajstić information content (AvgIpc) is 2.71. The van der Waals surface area contributed by atoms with Crippen molar-refractivity contribution in [3.63, 3.8) is 0 Å². The zero-order valence-electron chi connectivity index (χ0n) is 12.3. The Morgan fingerprint density at radius 2 is 2.00 bits per heavy atom. The Morgan fingerprint density at radius 3 is 2.40 bits per heavy atom. The summed E-state index contributed by atoms with van der Waals surface area (Å²) in [7, 11) is 0. The van der Waals surface area contributed by atoms with Gasteiger partial charge in [-0.1, -0.05) is 13.8 Å². The highest BCUT2D eigenvalue weighted by atomic mass is 16.6. The second-order valence-electron chi connectivity index (χ2n) is 5.74. The molecular formula is C13H20N2O5. The number of aromatic nitrogens is 1.